The molecule has 0 saturated carbocycles. The van der Waals surface area contributed by atoms with Gasteiger partial charge in [-0.1, -0.05) is 169 Å². The van der Waals surface area contributed by atoms with Crippen molar-refractivity contribution in [2.45, 2.75) is 19.6 Å². The van der Waals surface area contributed by atoms with E-state index in [1.807, 2.05) is 23.5 Å². The molecule has 0 fully saturated rings. The van der Waals surface area contributed by atoms with Crippen LogP contribution in [0.3, 0.4) is 0 Å². The number of hydrogen-bond donors (Lipinski definition) is 0. The topological polar surface area (TPSA) is 4.93 Å². The minimum Gasteiger partial charge on any atom is -0.309 e. The van der Waals surface area contributed by atoms with Gasteiger partial charge in [-0.05, 0) is 75.8 Å². The van der Waals surface area contributed by atoms with Crippen LogP contribution in [0.1, 0.15) is 0 Å². The molecule has 0 saturated heterocycles. The normalized spacial score (nSPS) is 12.2. The molecular weight excluding hydrogens is 655 g/mol. The molecule has 8 aromatic carbocycles. The molecule has 0 atom stereocenters. The Labute approximate surface area is 306 Å². The summed E-state index contributed by atoms with van der Waals surface area (Å²) in [4.78, 5) is 5.00. The maximum atomic E-state index is 2.45. The van der Waals surface area contributed by atoms with E-state index in [9.17, 15) is 0 Å². The van der Waals surface area contributed by atoms with Gasteiger partial charge in [0.2, 0.25) is 0 Å². The Kier molecular flexibility index (Phi) is 7.41. The fraction of sp³-hybridized carbons (Fsp3) is 0. The summed E-state index contributed by atoms with van der Waals surface area (Å²) in [6.45, 7) is 0. The summed E-state index contributed by atoms with van der Waals surface area (Å²) in [6, 6.07) is 68.8. The predicted octanol–water partition coefficient (Wildman–Crippen LogP) is 14.1. The third-order valence-electron chi connectivity index (χ3n) is 9.89. The van der Waals surface area contributed by atoms with Crippen LogP contribution in [-0.2, 0) is 0 Å². The summed E-state index contributed by atoms with van der Waals surface area (Å²) in [5.41, 5.74) is 13.5. The van der Waals surface area contributed by atoms with Gasteiger partial charge in [0.1, 0.15) is 0 Å². The van der Waals surface area contributed by atoms with Crippen molar-refractivity contribution in [2.24, 2.45) is 0 Å². The molecule has 2 heterocycles. The van der Waals surface area contributed by atoms with Gasteiger partial charge >= 0.3 is 0 Å². The van der Waals surface area contributed by atoms with Gasteiger partial charge in [0.05, 0.1) is 11.0 Å². The summed E-state index contributed by atoms with van der Waals surface area (Å²) < 4.78 is 2.45. The molecule has 0 N–H and O–H groups in total. The van der Waals surface area contributed by atoms with Crippen LogP contribution in [0.4, 0.5) is 0 Å². The number of para-hydroxylation sites is 3. The summed E-state index contributed by atoms with van der Waals surface area (Å²) >= 11 is 3.74. The number of fused-ring (bicyclic) bond motifs is 9. The smallest absolute Gasteiger partial charge is 0.0619 e. The van der Waals surface area contributed by atoms with Crippen molar-refractivity contribution in [3.63, 3.8) is 0 Å². The summed E-state index contributed by atoms with van der Waals surface area (Å²) in [5.74, 6) is 0. The first kappa shape index (κ1) is 30.1. The summed E-state index contributed by atoms with van der Waals surface area (Å²) in [7, 11) is 0. The van der Waals surface area contributed by atoms with E-state index in [0.717, 1.165) is 5.69 Å². The van der Waals surface area contributed by atoms with Gasteiger partial charge in [-0.15, -0.1) is 0 Å². The molecule has 1 aliphatic heterocycles. The van der Waals surface area contributed by atoms with E-state index < -0.39 is 0 Å². The lowest BCUT2D eigenvalue weighted by atomic mass is 9.92. The fourth-order valence-corrected chi connectivity index (χ4v) is 9.89. The zero-order valence-electron chi connectivity index (χ0n) is 27.7. The lowest BCUT2D eigenvalue weighted by Crippen LogP contribution is -1.98. The number of benzene rings is 8. The number of rotatable bonds is 3. The molecule has 0 spiro atoms. The maximum absolute atomic E-state index is 2.45. The zero-order chi connectivity index (χ0) is 33.7. The van der Waals surface area contributed by atoms with Crippen molar-refractivity contribution < 1.29 is 0 Å². The third kappa shape index (κ3) is 5.12. The molecule has 51 heavy (non-hydrogen) atoms. The Hall–Kier alpha value is -5.74. The van der Waals surface area contributed by atoms with Crippen molar-refractivity contribution >= 4 is 45.3 Å². The second kappa shape index (κ2) is 12.5. The Morgan fingerprint density at radius 2 is 0.902 bits per heavy atom. The van der Waals surface area contributed by atoms with Crippen molar-refractivity contribution in [1.82, 2.24) is 4.57 Å². The van der Waals surface area contributed by atoms with Crippen LogP contribution in [0.2, 0.25) is 0 Å². The molecule has 1 nitrogen and oxygen atoms in total. The highest BCUT2D eigenvalue weighted by atomic mass is 32.2. The average Bonchev–Trinajstić information content (AvgIpc) is 3.54. The van der Waals surface area contributed by atoms with Gasteiger partial charge in [0, 0.05) is 47.2 Å². The van der Waals surface area contributed by atoms with Crippen molar-refractivity contribution in [1.29, 1.82) is 0 Å². The summed E-state index contributed by atoms with van der Waals surface area (Å²) in [6.07, 6.45) is 0. The first-order valence-electron chi connectivity index (χ1n) is 17.3. The van der Waals surface area contributed by atoms with Crippen LogP contribution in [0.15, 0.2) is 208 Å². The Morgan fingerprint density at radius 1 is 0.333 bits per heavy atom. The van der Waals surface area contributed by atoms with Crippen LogP contribution in [0.25, 0.3) is 72.0 Å². The molecule has 240 valence electrons. The Balaban J connectivity index is 1.31. The molecule has 0 aliphatic carbocycles. The fourth-order valence-electron chi connectivity index (χ4n) is 7.62. The quantitative estimate of drug-likeness (QED) is 0.182. The largest absolute Gasteiger partial charge is 0.309 e. The molecule has 0 radical (unpaired) electrons. The molecular formula is C48H31NS2. The van der Waals surface area contributed by atoms with Gasteiger partial charge < -0.3 is 4.57 Å². The molecule has 1 aliphatic rings. The van der Waals surface area contributed by atoms with E-state index in [-0.39, 0.29) is 0 Å². The second-order valence-electron chi connectivity index (χ2n) is 12.8. The van der Waals surface area contributed by atoms with Crippen LogP contribution in [0.5, 0.6) is 0 Å². The minimum absolute atomic E-state index is 1.16. The Morgan fingerprint density at radius 3 is 1.69 bits per heavy atom. The van der Waals surface area contributed by atoms with Crippen molar-refractivity contribution in [3.8, 4) is 50.2 Å². The second-order valence-corrected chi connectivity index (χ2v) is 15.0. The van der Waals surface area contributed by atoms with E-state index in [1.54, 1.807) is 0 Å². The summed E-state index contributed by atoms with van der Waals surface area (Å²) in [5, 5.41) is 2.51. The van der Waals surface area contributed by atoms with Crippen LogP contribution < -0.4 is 0 Å². The SMILES string of the molecule is c1ccc(-c2ccc3c(c2)Sc2ccccc2-c2ccccc2Sc2cccc(-c4cccc5c6ccccc6n(-c6ccccc6)c45)c2-3)cc1. The minimum atomic E-state index is 1.16. The molecule has 0 unspecified atom stereocenters. The number of hydrogen-bond acceptors (Lipinski definition) is 2. The molecule has 1 aromatic heterocycles. The van der Waals surface area contributed by atoms with Gasteiger partial charge in [-0.2, -0.15) is 0 Å². The zero-order valence-corrected chi connectivity index (χ0v) is 29.3. The van der Waals surface area contributed by atoms with E-state index in [0.29, 0.717) is 0 Å². The average molecular weight is 686 g/mol. The van der Waals surface area contributed by atoms with Gasteiger partial charge in [0.25, 0.3) is 0 Å². The molecule has 10 rings (SSSR count). The highest BCUT2D eigenvalue weighted by molar-refractivity contribution is 8.00. The van der Waals surface area contributed by atoms with Crippen molar-refractivity contribution in [2.75, 3.05) is 0 Å². The van der Waals surface area contributed by atoms with Gasteiger partial charge in [0.15, 0.2) is 0 Å². The first-order chi connectivity index (χ1) is 25.3. The number of aromatic nitrogens is 1. The Bertz CT molecular complexity index is 2740. The van der Waals surface area contributed by atoms with Crippen LogP contribution in [-0.4, -0.2) is 4.57 Å². The predicted molar refractivity (Wildman–Crippen MR) is 217 cm³/mol. The standard InChI is InChI=1S/C48H31NS2/c1-3-15-32(16-4-1)33-29-30-41-46(31-33)51-44-27-12-9-21-37(44)36-20-8-11-26-43(36)50-45-28-14-22-38(47(41)45)40-24-13-23-39-35-19-7-10-25-42(35)49(48(39)40)34-17-5-2-6-18-34/h1-31H. The van der Waals surface area contributed by atoms with Crippen LogP contribution in [0, 0.1) is 0 Å². The van der Waals surface area contributed by atoms with Gasteiger partial charge in [-0.25, -0.2) is 0 Å². The lowest BCUT2D eigenvalue weighted by molar-refractivity contribution is 1.18. The third-order valence-corrected chi connectivity index (χ3v) is 12.2. The highest BCUT2D eigenvalue weighted by Crippen LogP contribution is 2.52. The van der Waals surface area contributed by atoms with Gasteiger partial charge in [-0.3, -0.25) is 0 Å². The monoisotopic (exact) mass is 685 g/mol. The lowest BCUT2D eigenvalue weighted by Gasteiger charge is -2.23. The first-order valence-corrected chi connectivity index (χ1v) is 18.9. The molecule has 3 heteroatoms. The number of nitrogens with zero attached hydrogens (tertiary/aromatic N) is 1. The van der Waals surface area contributed by atoms with Crippen molar-refractivity contribution in [3.05, 3.63) is 188 Å². The van der Waals surface area contributed by atoms with E-state index in [1.165, 1.54) is 85.9 Å². The maximum Gasteiger partial charge on any atom is 0.0619 e. The van der Waals surface area contributed by atoms with E-state index in [2.05, 4.69) is 193 Å². The molecule has 0 amide bonds. The molecule has 0 bridgehead atoms. The highest BCUT2D eigenvalue weighted by Gasteiger charge is 2.24. The van der Waals surface area contributed by atoms with Crippen LogP contribution >= 0.6 is 23.5 Å². The van der Waals surface area contributed by atoms with E-state index in [4.69, 9.17) is 0 Å². The van der Waals surface area contributed by atoms with E-state index >= 15 is 0 Å². The molecule has 9 aromatic rings.